The predicted molar refractivity (Wildman–Crippen MR) is 76.6 cm³/mol. The summed E-state index contributed by atoms with van der Waals surface area (Å²) in [6, 6.07) is 12.8. The highest BCUT2D eigenvalue weighted by Crippen LogP contribution is 2.19. The maximum Gasteiger partial charge on any atom is 0.336 e. The highest BCUT2D eigenvalue weighted by molar-refractivity contribution is 5.98. The van der Waals surface area contributed by atoms with Crippen molar-refractivity contribution in [2.75, 3.05) is 0 Å². The number of carboxylic acids is 1. The van der Waals surface area contributed by atoms with Crippen molar-refractivity contribution in [3.05, 3.63) is 64.7 Å². The van der Waals surface area contributed by atoms with Crippen molar-refractivity contribution in [1.29, 1.82) is 0 Å². The lowest BCUT2D eigenvalue weighted by molar-refractivity contribution is 0.0697. The number of aryl methyl sites for hydroxylation is 2. The van der Waals surface area contributed by atoms with Gasteiger partial charge in [0.2, 0.25) is 0 Å². The summed E-state index contributed by atoms with van der Waals surface area (Å²) in [5, 5.41) is 9.09. The van der Waals surface area contributed by atoms with Crippen LogP contribution in [0.25, 0.3) is 0 Å². The van der Waals surface area contributed by atoms with Crippen LogP contribution in [0.3, 0.4) is 0 Å². The molecule has 2 aromatic carbocycles. The highest BCUT2D eigenvalue weighted by atomic mass is 16.4. The van der Waals surface area contributed by atoms with Crippen molar-refractivity contribution in [3.63, 3.8) is 0 Å². The minimum absolute atomic E-state index is 0.260. The lowest BCUT2D eigenvalue weighted by Gasteiger charge is -2.02. The minimum atomic E-state index is -0.942. The Balaban J connectivity index is 2.35. The van der Waals surface area contributed by atoms with Crippen LogP contribution in [0.15, 0.2) is 47.5 Å². The molecule has 2 aromatic rings. The van der Waals surface area contributed by atoms with Crippen LogP contribution in [-0.2, 0) is 0 Å². The summed E-state index contributed by atoms with van der Waals surface area (Å²) in [7, 11) is 0. The lowest BCUT2D eigenvalue weighted by atomic mass is 10.1. The molecule has 0 atom stereocenters. The molecule has 0 amide bonds. The third kappa shape index (κ3) is 3.07. The minimum Gasteiger partial charge on any atom is -0.478 e. The summed E-state index contributed by atoms with van der Waals surface area (Å²) >= 11 is 0. The van der Waals surface area contributed by atoms with Crippen LogP contribution >= 0.6 is 0 Å². The first-order chi connectivity index (χ1) is 9.08. The number of hydrogen-bond acceptors (Lipinski definition) is 2. The Kier molecular flexibility index (Phi) is 3.76. The van der Waals surface area contributed by atoms with Gasteiger partial charge in [0, 0.05) is 11.8 Å². The maximum absolute atomic E-state index is 11.1. The first-order valence-corrected chi connectivity index (χ1v) is 6.01. The Morgan fingerprint density at radius 2 is 1.89 bits per heavy atom. The molecule has 3 nitrogen and oxygen atoms in total. The molecule has 0 aromatic heterocycles. The van der Waals surface area contributed by atoms with E-state index in [0.29, 0.717) is 5.56 Å². The zero-order valence-electron chi connectivity index (χ0n) is 10.9. The highest BCUT2D eigenvalue weighted by Gasteiger charge is 2.06. The van der Waals surface area contributed by atoms with Crippen LogP contribution in [0.1, 0.15) is 27.0 Å². The van der Waals surface area contributed by atoms with Gasteiger partial charge in [0.05, 0.1) is 11.3 Å². The molecule has 19 heavy (non-hydrogen) atoms. The van der Waals surface area contributed by atoms with Gasteiger partial charge in [0.15, 0.2) is 0 Å². The number of aromatic carboxylic acids is 1. The molecule has 96 valence electrons. The van der Waals surface area contributed by atoms with Crippen LogP contribution < -0.4 is 0 Å². The summed E-state index contributed by atoms with van der Waals surface area (Å²) in [5.74, 6) is -0.942. The number of carbonyl (C=O) groups is 1. The molecule has 0 aliphatic rings. The molecule has 0 saturated heterocycles. The summed E-state index contributed by atoms with van der Waals surface area (Å²) in [6.07, 6.45) is 1.60. The van der Waals surface area contributed by atoms with Crippen LogP contribution in [0, 0.1) is 13.8 Å². The van der Waals surface area contributed by atoms with E-state index in [-0.39, 0.29) is 5.56 Å². The molecule has 0 fully saturated rings. The molecule has 0 heterocycles. The second-order valence-corrected chi connectivity index (χ2v) is 4.44. The van der Waals surface area contributed by atoms with E-state index in [9.17, 15) is 4.79 Å². The van der Waals surface area contributed by atoms with Gasteiger partial charge in [-0.15, -0.1) is 0 Å². The summed E-state index contributed by atoms with van der Waals surface area (Å²) in [6.45, 7) is 4.02. The normalized spacial score (nSPS) is 10.8. The van der Waals surface area contributed by atoms with E-state index in [0.717, 1.165) is 11.3 Å². The van der Waals surface area contributed by atoms with E-state index in [2.05, 4.69) is 11.1 Å². The molecule has 0 radical (unpaired) electrons. The number of nitrogens with zero attached hydrogens (tertiary/aromatic N) is 1. The first-order valence-electron chi connectivity index (χ1n) is 6.01. The van der Waals surface area contributed by atoms with E-state index >= 15 is 0 Å². The molecule has 0 bridgehead atoms. The van der Waals surface area contributed by atoms with Gasteiger partial charge < -0.3 is 5.11 Å². The second kappa shape index (κ2) is 5.48. The van der Waals surface area contributed by atoms with Gasteiger partial charge >= 0.3 is 5.97 Å². The molecule has 1 N–H and O–H groups in total. The Morgan fingerprint density at radius 1 is 1.16 bits per heavy atom. The van der Waals surface area contributed by atoms with E-state index in [4.69, 9.17) is 5.11 Å². The molecular weight excluding hydrogens is 238 g/mol. The summed E-state index contributed by atoms with van der Waals surface area (Å²) < 4.78 is 0. The number of benzene rings is 2. The first kappa shape index (κ1) is 13.0. The van der Waals surface area contributed by atoms with Gasteiger partial charge in [0.1, 0.15) is 0 Å². The van der Waals surface area contributed by atoms with Gasteiger partial charge in [-0.2, -0.15) is 0 Å². The number of rotatable bonds is 3. The fraction of sp³-hybridized carbons (Fsp3) is 0.125. The van der Waals surface area contributed by atoms with Crippen LogP contribution in [0.2, 0.25) is 0 Å². The Labute approximate surface area is 112 Å². The van der Waals surface area contributed by atoms with Crippen molar-refractivity contribution in [2.45, 2.75) is 13.8 Å². The number of carboxylic acid groups (broad SMARTS) is 1. The molecule has 0 unspecified atom stereocenters. The van der Waals surface area contributed by atoms with E-state index in [1.807, 2.05) is 26.0 Å². The van der Waals surface area contributed by atoms with Crippen molar-refractivity contribution in [3.8, 4) is 0 Å². The van der Waals surface area contributed by atoms with E-state index in [1.54, 1.807) is 30.5 Å². The van der Waals surface area contributed by atoms with E-state index < -0.39 is 5.97 Å². The quantitative estimate of drug-likeness (QED) is 0.847. The molecule has 2 rings (SSSR count). The van der Waals surface area contributed by atoms with E-state index in [1.165, 1.54) is 5.56 Å². The Morgan fingerprint density at radius 3 is 2.58 bits per heavy atom. The van der Waals surface area contributed by atoms with Gasteiger partial charge in [-0.05, 0) is 31.5 Å². The number of hydrogen-bond donors (Lipinski definition) is 1. The second-order valence-electron chi connectivity index (χ2n) is 4.44. The molecule has 3 heteroatoms. The van der Waals surface area contributed by atoms with Gasteiger partial charge in [-0.3, -0.25) is 4.99 Å². The molecular formula is C16H15NO2. The fourth-order valence-electron chi connectivity index (χ4n) is 1.89. The van der Waals surface area contributed by atoms with Gasteiger partial charge in [0.25, 0.3) is 0 Å². The number of aliphatic imine (C=N–C) groups is 1. The molecule has 0 saturated carbocycles. The van der Waals surface area contributed by atoms with Crippen molar-refractivity contribution in [1.82, 2.24) is 0 Å². The molecule has 0 aliphatic heterocycles. The van der Waals surface area contributed by atoms with Crippen molar-refractivity contribution in [2.24, 2.45) is 4.99 Å². The summed E-state index contributed by atoms with van der Waals surface area (Å²) in [4.78, 5) is 15.5. The topological polar surface area (TPSA) is 49.7 Å². The van der Waals surface area contributed by atoms with Gasteiger partial charge in [-0.1, -0.05) is 35.9 Å². The zero-order valence-corrected chi connectivity index (χ0v) is 10.9. The largest absolute Gasteiger partial charge is 0.478 e. The average Bonchev–Trinajstić information content (AvgIpc) is 2.38. The van der Waals surface area contributed by atoms with Crippen molar-refractivity contribution < 1.29 is 9.90 Å². The van der Waals surface area contributed by atoms with Crippen LogP contribution in [0.5, 0.6) is 0 Å². The molecule has 0 spiro atoms. The predicted octanol–water partition coefficient (Wildman–Crippen LogP) is 3.75. The Bertz CT molecular complexity index is 645. The van der Waals surface area contributed by atoms with Crippen molar-refractivity contribution >= 4 is 17.9 Å². The summed E-state index contributed by atoms with van der Waals surface area (Å²) in [5.41, 5.74) is 3.98. The average molecular weight is 253 g/mol. The zero-order chi connectivity index (χ0) is 13.8. The maximum atomic E-state index is 11.1. The standard InChI is InChI=1S/C16H15NO2/c1-11-7-8-15(12(2)9-11)17-10-13-5-3-4-6-14(13)16(18)19/h3-10H,1-2H3,(H,18,19)/b17-10-. The van der Waals surface area contributed by atoms with Crippen LogP contribution in [0.4, 0.5) is 5.69 Å². The third-order valence-electron chi connectivity index (χ3n) is 2.89. The molecule has 0 aliphatic carbocycles. The third-order valence-corrected chi connectivity index (χ3v) is 2.89. The monoisotopic (exact) mass is 253 g/mol. The fourth-order valence-corrected chi connectivity index (χ4v) is 1.89. The smallest absolute Gasteiger partial charge is 0.336 e. The Hall–Kier alpha value is -2.42. The SMILES string of the molecule is Cc1ccc(/N=C\c2ccccc2C(=O)O)c(C)c1. The lowest BCUT2D eigenvalue weighted by Crippen LogP contribution is -2.01. The van der Waals surface area contributed by atoms with Gasteiger partial charge in [-0.25, -0.2) is 4.79 Å². The van der Waals surface area contributed by atoms with Crippen LogP contribution in [-0.4, -0.2) is 17.3 Å².